The molecule has 3 amide bonds. The van der Waals surface area contributed by atoms with Gasteiger partial charge in [0.15, 0.2) is 0 Å². The molecule has 90 valence electrons. The molecule has 16 heavy (non-hydrogen) atoms. The van der Waals surface area contributed by atoms with E-state index in [1.54, 1.807) is 0 Å². The van der Waals surface area contributed by atoms with E-state index < -0.39 is 0 Å². The van der Waals surface area contributed by atoms with Crippen molar-refractivity contribution in [2.24, 2.45) is 0 Å². The fraction of sp³-hybridized carbons (Fsp3) is 0.818. The van der Waals surface area contributed by atoms with Crippen LogP contribution in [0.1, 0.15) is 39.0 Å². The molecule has 0 aromatic heterocycles. The first-order valence-corrected chi connectivity index (χ1v) is 6.93. The summed E-state index contributed by atoms with van der Waals surface area (Å²) in [5, 5.41) is 2.86. The molecule has 4 nitrogen and oxygen atoms in total. The molecule has 2 rings (SSSR count). The average molecular weight is 242 g/mol. The molecule has 1 aliphatic heterocycles. The van der Waals surface area contributed by atoms with Gasteiger partial charge in [-0.2, -0.15) is 0 Å². The monoisotopic (exact) mass is 242 g/mol. The van der Waals surface area contributed by atoms with Gasteiger partial charge in [0.2, 0.25) is 0 Å². The fourth-order valence-corrected chi connectivity index (χ4v) is 3.22. The Balaban J connectivity index is 1.89. The molecule has 2 aliphatic rings. The third kappa shape index (κ3) is 2.51. The summed E-state index contributed by atoms with van der Waals surface area (Å²) < 4.78 is 0. The lowest BCUT2D eigenvalue weighted by Crippen LogP contribution is -2.48. The number of rotatable bonds is 1. The molecular weight excluding hydrogens is 224 g/mol. The van der Waals surface area contributed by atoms with Gasteiger partial charge in [-0.1, -0.05) is 31.0 Å². The van der Waals surface area contributed by atoms with Gasteiger partial charge in [0.1, 0.15) is 0 Å². The van der Waals surface area contributed by atoms with Gasteiger partial charge in [-0.05, 0) is 19.8 Å². The largest absolute Gasteiger partial charge is 0.335 e. The lowest BCUT2D eigenvalue weighted by molar-refractivity contribution is 0.187. The highest BCUT2D eigenvalue weighted by Gasteiger charge is 2.34. The van der Waals surface area contributed by atoms with Crippen LogP contribution in [0.5, 0.6) is 0 Å². The summed E-state index contributed by atoms with van der Waals surface area (Å²) in [4.78, 5) is 24.8. The van der Waals surface area contributed by atoms with Crippen LogP contribution in [0.15, 0.2) is 0 Å². The van der Waals surface area contributed by atoms with E-state index in [1.165, 1.54) is 35.9 Å². The zero-order valence-electron chi connectivity index (χ0n) is 9.57. The van der Waals surface area contributed by atoms with Crippen LogP contribution in [0.2, 0.25) is 0 Å². The second-order valence-electron chi connectivity index (χ2n) is 4.58. The third-order valence-electron chi connectivity index (χ3n) is 3.24. The van der Waals surface area contributed by atoms with E-state index in [0.717, 1.165) is 18.6 Å². The lowest BCUT2D eigenvalue weighted by atomic mass is 9.96. The lowest BCUT2D eigenvalue weighted by Gasteiger charge is -2.26. The maximum Gasteiger partial charge on any atom is 0.325 e. The Morgan fingerprint density at radius 2 is 2.06 bits per heavy atom. The number of thioether (sulfide) groups is 1. The van der Waals surface area contributed by atoms with Crippen molar-refractivity contribution in [3.05, 3.63) is 0 Å². The molecular formula is C11H18N2O2S. The van der Waals surface area contributed by atoms with Crippen molar-refractivity contribution in [1.29, 1.82) is 0 Å². The van der Waals surface area contributed by atoms with E-state index in [0.29, 0.717) is 0 Å². The second-order valence-corrected chi connectivity index (χ2v) is 5.55. The molecule has 1 atom stereocenters. The summed E-state index contributed by atoms with van der Waals surface area (Å²) in [5.74, 6) is 0.719. The summed E-state index contributed by atoms with van der Waals surface area (Å²) >= 11 is 1.23. The zero-order chi connectivity index (χ0) is 11.5. The average Bonchev–Trinajstić information content (AvgIpc) is 2.60. The Kier molecular flexibility index (Phi) is 3.74. The molecule has 1 N–H and O–H groups in total. The molecule has 1 heterocycles. The van der Waals surface area contributed by atoms with Crippen molar-refractivity contribution < 1.29 is 9.59 Å². The first kappa shape index (κ1) is 11.8. The molecule has 2 fully saturated rings. The van der Waals surface area contributed by atoms with Gasteiger partial charge in [-0.15, -0.1) is 0 Å². The van der Waals surface area contributed by atoms with Crippen molar-refractivity contribution in [1.82, 2.24) is 10.2 Å². The number of amides is 3. The molecule has 0 bridgehead atoms. The minimum atomic E-state index is -0.200. The first-order chi connectivity index (χ1) is 7.68. The highest BCUT2D eigenvalue weighted by atomic mass is 32.2. The van der Waals surface area contributed by atoms with Crippen LogP contribution in [0.3, 0.4) is 0 Å². The normalized spacial score (nSPS) is 27.2. The summed E-state index contributed by atoms with van der Waals surface area (Å²) in [5.41, 5.74) is 0. The van der Waals surface area contributed by atoms with E-state index in [4.69, 9.17) is 0 Å². The van der Waals surface area contributed by atoms with Crippen LogP contribution in [-0.4, -0.2) is 34.0 Å². The number of carbonyl (C=O) groups excluding carboxylic acids is 2. The van der Waals surface area contributed by atoms with Crippen LogP contribution >= 0.6 is 11.8 Å². The Morgan fingerprint density at radius 3 is 2.62 bits per heavy atom. The highest BCUT2D eigenvalue weighted by Crippen LogP contribution is 2.24. The summed E-state index contributed by atoms with van der Waals surface area (Å²) in [6.07, 6.45) is 5.73. The quantitative estimate of drug-likeness (QED) is 0.769. The Hall–Kier alpha value is -0.710. The second kappa shape index (κ2) is 5.08. The maximum absolute atomic E-state index is 11.9. The molecule has 1 saturated heterocycles. The summed E-state index contributed by atoms with van der Waals surface area (Å²) in [6, 6.07) is 0.0994. The number of hydrogen-bond donors (Lipinski definition) is 1. The minimum Gasteiger partial charge on any atom is -0.335 e. The van der Waals surface area contributed by atoms with Crippen LogP contribution in [0, 0.1) is 0 Å². The smallest absolute Gasteiger partial charge is 0.325 e. The van der Waals surface area contributed by atoms with E-state index >= 15 is 0 Å². The van der Waals surface area contributed by atoms with Gasteiger partial charge < -0.3 is 5.32 Å². The molecule has 1 unspecified atom stereocenters. The Morgan fingerprint density at radius 1 is 1.38 bits per heavy atom. The number of urea groups is 1. The first-order valence-electron chi connectivity index (χ1n) is 5.95. The van der Waals surface area contributed by atoms with Gasteiger partial charge in [0.25, 0.3) is 5.24 Å². The molecule has 0 aromatic carbocycles. The van der Waals surface area contributed by atoms with E-state index in [-0.39, 0.29) is 23.4 Å². The van der Waals surface area contributed by atoms with Gasteiger partial charge in [-0.3, -0.25) is 9.69 Å². The van der Waals surface area contributed by atoms with Crippen molar-refractivity contribution >= 4 is 23.0 Å². The van der Waals surface area contributed by atoms with Crippen molar-refractivity contribution in [2.75, 3.05) is 5.75 Å². The number of hydrogen-bond acceptors (Lipinski definition) is 3. The van der Waals surface area contributed by atoms with E-state index in [1.807, 2.05) is 6.92 Å². The SMILES string of the molecule is CC1CSC(=O)N1C(=O)NC1CCCCC1. The van der Waals surface area contributed by atoms with E-state index in [9.17, 15) is 9.59 Å². The molecule has 1 aliphatic carbocycles. The van der Waals surface area contributed by atoms with E-state index in [2.05, 4.69) is 5.32 Å². The maximum atomic E-state index is 11.9. The highest BCUT2D eigenvalue weighted by molar-refractivity contribution is 8.14. The Labute approximate surface area is 100 Å². The number of imide groups is 1. The summed E-state index contributed by atoms with van der Waals surface area (Å²) in [6.45, 7) is 1.92. The third-order valence-corrected chi connectivity index (χ3v) is 4.33. The molecule has 5 heteroatoms. The molecule has 1 saturated carbocycles. The minimum absolute atomic E-state index is 0.0288. The standard InChI is InChI=1S/C11H18N2O2S/c1-8-7-16-11(15)13(8)10(14)12-9-5-3-2-4-6-9/h8-9H,2-7H2,1H3,(H,12,14). The van der Waals surface area contributed by atoms with Crippen LogP contribution in [-0.2, 0) is 0 Å². The molecule has 0 aromatic rings. The van der Waals surface area contributed by atoms with Gasteiger partial charge in [0, 0.05) is 17.8 Å². The van der Waals surface area contributed by atoms with Crippen molar-refractivity contribution in [3.63, 3.8) is 0 Å². The number of nitrogens with zero attached hydrogens (tertiary/aromatic N) is 1. The van der Waals surface area contributed by atoms with Crippen LogP contribution in [0.4, 0.5) is 9.59 Å². The topological polar surface area (TPSA) is 49.4 Å². The van der Waals surface area contributed by atoms with Gasteiger partial charge in [-0.25, -0.2) is 4.79 Å². The van der Waals surface area contributed by atoms with Crippen molar-refractivity contribution in [3.8, 4) is 0 Å². The predicted molar refractivity (Wildman–Crippen MR) is 64.6 cm³/mol. The summed E-state index contributed by atoms with van der Waals surface area (Å²) in [7, 11) is 0. The number of nitrogens with one attached hydrogen (secondary N) is 1. The van der Waals surface area contributed by atoms with Gasteiger partial charge in [0.05, 0.1) is 0 Å². The van der Waals surface area contributed by atoms with Crippen LogP contribution < -0.4 is 5.32 Å². The zero-order valence-corrected chi connectivity index (χ0v) is 10.4. The van der Waals surface area contributed by atoms with Gasteiger partial charge >= 0.3 is 6.03 Å². The van der Waals surface area contributed by atoms with Crippen LogP contribution in [0.25, 0.3) is 0 Å². The number of carbonyl (C=O) groups is 2. The molecule has 0 spiro atoms. The molecule has 0 radical (unpaired) electrons. The fourth-order valence-electron chi connectivity index (χ4n) is 2.29. The predicted octanol–water partition coefficient (Wildman–Crippen LogP) is 2.59. The van der Waals surface area contributed by atoms with Crippen molar-refractivity contribution in [2.45, 2.75) is 51.1 Å². The Bertz CT molecular complexity index is 290.